The second-order valence-electron chi connectivity index (χ2n) is 6.18. The van der Waals surface area contributed by atoms with Gasteiger partial charge in [-0.1, -0.05) is 6.92 Å². The Bertz CT molecular complexity index is 488. The average molecular weight is 308 g/mol. The van der Waals surface area contributed by atoms with Crippen molar-refractivity contribution in [3.05, 3.63) is 18.2 Å². The third kappa shape index (κ3) is 4.47. The van der Waals surface area contributed by atoms with Gasteiger partial charge in [0.15, 0.2) is 0 Å². The van der Waals surface area contributed by atoms with Crippen LogP contribution in [0.5, 0.6) is 0 Å². The largest absolute Gasteiger partial charge is 0.372 e. The Morgan fingerprint density at radius 1 is 1.50 bits per heavy atom. The SMILES string of the molecule is CCC1(C)CN(C(=O)NCCCCn2ccnc2C)CCO1. The van der Waals surface area contributed by atoms with Gasteiger partial charge in [0.05, 0.1) is 18.8 Å². The predicted octanol–water partition coefficient (Wildman–Crippen LogP) is 2.18. The molecular formula is C16H28N4O2. The van der Waals surface area contributed by atoms with Crippen molar-refractivity contribution in [2.24, 2.45) is 0 Å². The van der Waals surface area contributed by atoms with Gasteiger partial charge in [-0.15, -0.1) is 0 Å². The number of imidazole rings is 1. The maximum atomic E-state index is 12.2. The van der Waals surface area contributed by atoms with E-state index in [4.69, 9.17) is 4.74 Å². The highest BCUT2D eigenvalue weighted by molar-refractivity contribution is 5.74. The van der Waals surface area contributed by atoms with E-state index in [1.54, 1.807) is 0 Å². The summed E-state index contributed by atoms with van der Waals surface area (Å²) in [5.74, 6) is 1.04. The predicted molar refractivity (Wildman–Crippen MR) is 85.8 cm³/mol. The smallest absolute Gasteiger partial charge is 0.317 e. The van der Waals surface area contributed by atoms with Crippen LogP contribution >= 0.6 is 0 Å². The number of aromatic nitrogens is 2. The summed E-state index contributed by atoms with van der Waals surface area (Å²) in [6, 6.07) is 0.0294. The number of hydrogen-bond donors (Lipinski definition) is 1. The van der Waals surface area contributed by atoms with E-state index < -0.39 is 0 Å². The highest BCUT2D eigenvalue weighted by Crippen LogP contribution is 2.20. The van der Waals surface area contributed by atoms with Gasteiger partial charge >= 0.3 is 6.03 Å². The minimum Gasteiger partial charge on any atom is -0.372 e. The highest BCUT2D eigenvalue weighted by atomic mass is 16.5. The van der Waals surface area contributed by atoms with Crippen LogP contribution in [-0.2, 0) is 11.3 Å². The van der Waals surface area contributed by atoms with E-state index in [0.29, 0.717) is 26.2 Å². The molecule has 1 aliphatic rings. The van der Waals surface area contributed by atoms with Crippen LogP contribution in [0.3, 0.4) is 0 Å². The molecule has 6 heteroatoms. The molecule has 0 spiro atoms. The molecule has 0 radical (unpaired) electrons. The molecule has 0 saturated carbocycles. The molecule has 1 unspecified atom stereocenters. The Balaban J connectivity index is 1.64. The lowest BCUT2D eigenvalue weighted by Crippen LogP contribution is -2.54. The number of amides is 2. The van der Waals surface area contributed by atoms with Crippen molar-refractivity contribution in [2.45, 2.75) is 52.2 Å². The number of rotatable bonds is 6. The Kier molecular flexibility index (Phi) is 5.83. The molecule has 1 aromatic rings. The van der Waals surface area contributed by atoms with Gasteiger partial charge in [0.1, 0.15) is 5.82 Å². The molecule has 2 amide bonds. The van der Waals surface area contributed by atoms with Crippen LogP contribution in [0.4, 0.5) is 4.79 Å². The summed E-state index contributed by atoms with van der Waals surface area (Å²) in [7, 11) is 0. The zero-order chi connectivity index (χ0) is 16.0. The second-order valence-corrected chi connectivity index (χ2v) is 6.18. The van der Waals surface area contributed by atoms with Gasteiger partial charge < -0.3 is 19.5 Å². The van der Waals surface area contributed by atoms with Crippen molar-refractivity contribution < 1.29 is 9.53 Å². The normalized spacial score (nSPS) is 21.9. The molecule has 6 nitrogen and oxygen atoms in total. The van der Waals surface area contributed by atoms with E-state index in [2.05, 4.69) is 28.7 Å². The first-order valence-electron chi connectivity index (χ1n) is 8.18. The quantitative estimate of drug-likeness (QED) is 0.820. The van der Waals surface area contributed by atoms with Crippen LogP contribution in [0, 0.1) is 6.92 Å². The first-order valence-corrected chi connectivity index (χ1v) is 8.18. The minimum absolute atomic E-state index is 0.0294. The summed E-state index contributed by atoms with van der Waals surface area (Å²) >= 11 is 0. The van der Waals surface area contributed by atoms with Crippen molar-refractivity contribution in [1.82, 2.24) is 19.8 Å². The lowest BCUT2D eigenvalue weighted by atomic mass is 10.0. The summed E-state index contributed by atoms with van der Waals surface area (Å²) in [4.78, 5) is 18.3. The van der Waals surface area contributed by atoms with Gasteiger partial charge in [0.2, 0.25) is 0 Å². The molecule has 1 fully saturated rings. The van der Waals surface area contributed by atoms with E-state index in [1.165, 1.54) is 0 Å². The van der Waals surface area contributed by atoms with E-state index in [9.17, 15) is 4.79 Å². The van der Waals surface area contributed by atoms with Gasteiger partial charge in [-0.2, -0.15) is 0 Å². The highest BCUT2D eigenvalue weighted by Gasteiger charge is 2.32. The fourth-order valence-corrected chi connectivity index (χ4v) is 2.67. The molecule has 1 saturated heterocycles. The summed E-state index contributed by atoms with van der Waals surface area (Å²) in [5, 5.41) is 3.02. The summed E-state index contributed by atoms with van der Waals surface area (Å²) in [6.45, 7) is 9.81. The van der Waals surface area contributed by atoms with Crippen molar-refractivity contribution in [3.8, 4) is 0 Å². The Hall–Kier alpha value is -1.56. The van der Waals surface area contributed by atoms with Gasteiger partial charge in [0, 0.05) is 32.0 Å². The molecule has 1 aliphatic heterocycles. The van der Waals surface area contributed by atoms with Gasteiger partial charge in [-0.05, 0) is 33.1 Å². The third-order valence-electron chi connectivity index (χ3n) is 4.40. The summed E-state index contributed by atoms with van der Waals surface area (Å²) in [6.07, 6.45) is 6.74. The molecule has 124 valence electrons. The molecule has 1 atom stereocenters. The van der Waals surface area contributed by atoms with Gasteiger partial charge in [-0.25, -0.2) is 9.78 Å². The average Bonchev–Trinajstić information content (AvgIpc) is 2.92. The van der Waals surface area contributed by atoms with Crippen molar-refractivity contribution in [2.75, 3.05) is 26.2 Å². The molecule has 0 aliphatic carbocycles. The third-order valence-corrected chi connectivity index (χ3v) is 4.40. The Morgan fingerprint density at radius 3 is 3.00 bits per heavy atom. The van der Waals surface area contributed by atoms with Crippen molar-refractivity contribution in [1.29, 1.82) is 0 Å². The number of urea groups is 1. The number of nitrogens with zero attached hydrogens (tertiary/aromatic N) is 3. The lowest BCUT2D eigenvalue weighted by Gasteiger charge is -2.39. The number of morpholine rings is 1. The number of hydrogen-bond acceptors (Lipinski definition) is 3. The maximum Gasteiger partial charge on any atom is 0.317 e. The first-order chi connectivity index (χ1) is 10.5. The molecule has 1 aromatic heterocycles. The van der Waals surface area contributed by atoms with Crippen LogP contribution < -0.4 is 5.32 Å². The number of unbranched alkanes of at least 4 members (excludes halogenated alkanes) is 1. The van der Waals surface area contributed by atoms with Crippen molar-refractivity contribution in [3.63, 3.8) is 0 Å². The van der Waals surface area contributed by atoms with Crippen LogP contribution in [-0.4, -0.2) is 52.3 Å². The Labute approximate surface area is 132 Å². The number of carbonyl (C=O) groups is 1. The monoisotopic (exact) mass is 308 g/mol. The fourth-order valence-electron chi connectivity index (χ4n) is 2.67. The van der Waals surface area contributed by atoms with Crippen molar-refractivity contribution >= 4 is 6.03 Å². The number of ether oxygens (including phenoxy) is 1. The van der Waals surface area contributed by atoms with Gasteiger partial charge in [0.25, 0.3) is 0 Å². The minimum atomic E-state index is -0.200. The standard InChI is InChI=1S/C16H28N4O2/c1-4-16(3)13-20(11-12-22-16)15(21)18-7-5-6-9-19-10-8-17-14(19)2/h8,10H,4-7,9,11-13H2,1-3H3,(H,18,21). The fraction of sp³-hybridized carbons (Fsp3) is 0.750. The lowest BCUT2D eigenvalue weighted by molar-refractivity contribution is -0.0872. The van der Waals surface area contributed by atoms with E-state index in [0.717, 1.165) is 31.6 Å². The van der Waals surface area contributed by atoms with E-state index in [1.807, 2.05) is 24.2 Å². The molecular weight excluding hydrogens is 280 g/mol. The van der Waals surface area contributed by atoms with E-state index in [-0.39, 0.29) is 11.6 Å². The number of carbonyl (C=O) groups excluding carboxylic acids is 1. The first kappa shape index (κ1) is 16.8. The van der Waals surface area contributed by atoms with Crippen LogP contribution in [0.1, 0.15) is 38.9 Å². The van der Waals surface area contributed by atoms with Crippen LogP contribution in [0.2, 0.25) is 0 Å². The number of aryl methyl sites for hydroxylation is 2. The number of nitrogens with one attached hydrogen (secondary N) is 1. The molecule has 22 heavy (non-hydrogen) atoms. The molecule has 0 bridgehead atoms. The summed E-state index contributed by atoms with van der Waals surface area (Å²) in [5.41, 5.74) is -0.200. The van der Waals surface area contributed by atoms with E-state index >= 15 is 0 Å². The molecule has 2 heterocycles. The maximum absolute atomic E-state index is 12.2. The molecule has 2 rings (SSSR count). The second kappa shape index (κ2) is 7.63. The van der Waals surface area contributed by atoms with Gasteiger partial charge in [-0.3, -0.25) is 0 Å². The zero-order valence-corrected chi connectivity index (χ0v) is 14.0. The van der Waals surface area contributed by atoms with Crippen LogP contribution in [0.15, 0.2) is 12.4 Å². The molecule has 1 N–H and O–H groups in total. The zero-order valence-electron chi connectivity index (χ0n) is 14.0. The Morgan fingerprint density at radius 2 is 2.32 bits per heavy atom. The summed E-state index contributed by atoms with van der Waals surface area (Å²) < 4.78 is 7.90. The molecule has 0 aromatic carbocycles. The van der Waals surface area contributed by atoms with Crippen LogP contribution in [0.25, 0.3) is 0 Å². The topological polar surface area (TPSA) is 59.4 Å².